The van der Waals surface area contributed by atoms with Crippen LogP contribution in [0.25, 0.3) is 0 Å². The van der Waals surface area contributed by atoms with E-state index in [0.717, 1.165) is 12.8 Å². The van der Waals surface area contributed by atoms with E-state index in [1.165, 1.54) is 9.80 Å². The van der Waals surface area contributed by atoms with Gasteiger partial charge in [-0.05, 0) is 80.3 Å². The Hall–Kier alpha value is -1.48. The number of carboxylic acid groups (broad SMARTS) is 1. The van der Waals surface area contributed by atoms with E-state index in [4.69, 9.17) is 28.2 Å². The molecule has 0 aliphatic carbocycles. The van der Waals surface area contributed by atoms with Crippen LogP contribution in [0.3, 0.4) is 0 Å². The van der Waals surface area contributed by atoms with Crippen LogP contribution >= 0.6 is 0 Å². The molecule has 0 saturated carbocycles. The first-order chi connectivity index (χ1) is 18.4. The maximum Gasteiger partial charge on any atom is 0.411 e. The van der Waals surface area contributed by atoms with E-state index in [0.29, 0.717) is 25.3 Å². The van der Waals surface area contributed by atoms with Gasteiger partial charge in [0, 0.05) is 32.0 Å². The van der Waals surface area contributed by atoms with Gasteiger partial charge in [-0.15, -0.1) is 0 Å². The second kappa shape index (κ2) is 14.1. The van der Waals surface area contributed by atoms with Crippen LogP contribution in [0.4, 0.5) is 9.59 Å². The van der Waals surface area contributed by atoms with Crippen molar-refractivity contribution in [1.29, 1.82) is 0 Å². The quantitative estimate of drug-likeness (QED) is 0.213. The zero-order valence-corrected chi connectivity index (χ0v) is 26.6. The monoisotopic (exact) mass is 592 g/mol. The molecule has 2 amide bonds. The summed E-state index contributed by atoms with van der Waals surface area (Å²) in [6.07, 6.45) is -0.0814. The molecule has 0 bridgehead atoms. The molecule has 0 spiro atoms. The predicted molar refractivity (Wildman–Crippen MR) is 150 cm³/mol. The average Bonchev–Trinajstić information content (AvgIpc) is 2.76. The summed E-state index contributed by atoms with van der Waals surface area (Å²) < 4.78 is 29.9. The van der Waals surface area contributed by atoms with Gasteiger partial charge in [0.1, 0.15) is 19.4 Å². The van der Waals surface area contributed by atoms with Gasteiger partial charge in [-0.2, -0.15) is 0 Å². The van der Waals surface area contributed by atoms with Crippen LogP contribution in [-0.2, 0) is 23.1 Å². The first-order valence-electron chi connectivity index (χ1n) is 14.3. The van der Waals surface area contributed by atoms with Crippen molar-refractivity contribution in [1.82, 2.24) is 9.80 Å². The Bertz CT molecular complexity index is 846. The maximum absolute atomic E-state index is 12.9. The number of hydrogen-bond donors (Lipinski definition) is 3. The number of aliphatic hydroxyl groups excluding tert-OH is 2. The number of aliphatic hydroxyl groups is 2. The summed E-state index contributed by atoms with van der Waals surface area (Å²) >= 11 is 0. The number of carbonyl (C=O) groups excluding carboxylic acids is 1. The summed E-state index contributed by atoms with van der Waals surface area (Å²) in [6.45, 7) is 15.2. The highest BCUT2D eigenvalue weighted by atomic mass is 28.4. The molecule has 2 aliphatic heterocycles. The number of hydrogen-bond acceptors (Lipinski definition) is 9. The molecule has 5 unspecified atom stereocenters. The second-order valence-electron chi connectivity index (χ2n) is 12.8. The zero-order chi connectivity index (χ0) is 30.4. The molecule has 0 aromatic carbocycles. The van der Waals surface area contributed by atoms with Crippen LogP contribution in [0.2, 0.25) is 12.6 Å². The number of nitrogens with zero attached hydrogens (tertiary/aromatic N) is 2. The van der Waals surface area contributed by atoms with E-state index >= 15 is 0 Å². The molecule has 2 fully saturated rings. The molecule has 40 heavy (non-hydrogen) atoms. The standard InChI is InChI=1S/C27H52N2O10Si/c1-20-15-25(3,4)38-27(7,36-20)11-9-12-29(24(34)35-18-22(31)17-30)19-28(23(32)33)13-10-14-40(8)37-21(2)16-26(5,6)39-40/h20-22,30-31H,9-19H2,1-8H3,(H,32,33). The minimum atomic E-state index is -2.50. The van der Waals surface area contributed by atoms with Crippen molar-refractivity contribution in [3.05, 3.63) is 0 Å². The highest BCUT2D eigenvalue weighted by Crippen LogP contribution is 2.37. The van der Waals surface area contributed by atoms with Gasteiger partial charge in [0.25, 0.3) is 0 Å². The molecule has 2 rings (SSSR count). The Morgan fingerprint density at radius 2 is 1.65 bits per heavy atom. The lowest BCUT2D eigenvalue weighted by Crippen LogP contribution is -2.54. The van der Waals surface area contributed by atoms with Crippen LogP contribution < -0.4 is 0 Å². The Kier molecular flexibility index (Phi) is 12.3. The van der Waals surface area contributed by atoms with Crippen molar-refractivity contribution in [3.63, 3.8) is 0 Å². The SMILES string of the molecule is CC1CC(C)(C)OC(C)(CCCN(CN(CCC[Si]2(C)OC(C)CC(C)(C)O2)C(=O)O)C(=O)OCC(O)CO)O1. The van der Waals surface area contributed by atoms with Crippen molar-refractivity contribution in [3.8, 4) is 0 Å². The fourth-order valence-corrected chi connectivity index (χ4v) is 9.24. The lowest BCUT2D eigenvalue weighted by molar-refractivity contribution is -0.333. The molecular formula is C27H52N2O10Si. The normalized spacial score (nSPS) is 30.4. The van der Waals surface area contributed by atoms with Crippen molar-refractivity contribution in [2.24, 2.45) is 0 Å². The van der Waals surface area contributed by atoms with Crippen LogP contribution in [0.1, 0.15) is 80.6 Å². The molecule has 0 aromatic heterocycles. The van der Waals surface area contributed by atoms with Crippen LogP contribution in [0.5, 0.6) is 0 Å². The van der Waals surface area contributed by atoms with Crippen LogP contribution in [0.15, 0.2) is 0 Å². The Labute approximate surface area is 240 Å². The summed E-state index contributed by atoms with van der Waals surface area (Å²) in [6, 6.07) is 0.610. The van der Waals surface area contributed by atoms with Gasteiger partial charge in [-0.25, -0.2) is 9.59 Å². The molecule has 2 aliphatic rings. The molecule has 2 heterocycles. The molecule has 3 N–H and O–H groups in total. The average molecular weight is 593 g/mol. The van der Waals surface area contributed by atoms with Crippen LogP contribution in [0, 0.1) is 0 Å². The summed E-state index contributed by atoms with van der Waals surface area (Å²) in [5.41, 5.74) is -0.648. The van der Waals surface area contributed by atoms with Gasteiger partial charge in [0.05, 0.1) is 23.9 Å². The van der Waals surface area contributed by atoms with E-state index in [1.54, 1.807) is 0 Å². The Morgan fingerprint density at radius 3 is 2.23 bits per heavy atom. The Balaban J connectivity index is 2.03. The van der Waals surface area contributed by atoms with E-state index in [1.807, 2.05) is 55.0 Å². The van der Waals surface area contributed by atoms with Gasteiger partial charge in [0.2, 0.25) is 0 Å². The first kappa shape index (κ1) is 34.7. The van der Waals surface area contributed by atoms with Crippen LogP contribution in [-0.4, -0.2) is 114 Å². The molecule has 0 radical (unpaired) electrons. The number of amides is 2. The third-order valence-corrected chi connectivity index (χ3v) is 10.2. The molecule has 2 saturated heterocycles. The molecule has 5 atom stereocenters. The fraction of sp³-hybridized carbons (Fsp3) is 0.926. The van der Waals surface area contributed by atoms with E-state index in [9.17, 15) is 19.8 Å². The first-order valence-corrected chi connectivity index (χ1v) is 16.8. The number of rotatable bonds is 13. The van der Waals surface area contributed by atoms with Gasteiger partial charge in [-0.1, -0.05) is 0 Å². The van der Waals surface area contributed by atoms with Crippen molar-refractivity contribution < 1.29 is 48.0 Å². The maximum atomic E-state index is 12.9. The summed E-state index contributed by atoms with van der Waals surface area (Å²) in [5.74, 6) is -0.846. The van der Waals surface area contributed by atoms with Crippen molar-refractivity contribution in [2.45, 2.75) is 128 Å². The predicted octanol–water partition coefficient (Wildman–Crippen LogP) is 3.88. The topological polar surface area (TPSA) is 147 Å². The lowest BCUT2D eigenvalue weighted by atomic mass is 9.97. The van der Waals surface area contributed by atoms with Gasteiger partial charge < -0.3 is 38.4 Å². The van der Waals surface area contributed by atoms with Gasteiger partial charge in [0.15, 0.2) is 5.79 Å². The van der Waals surface area contributed by atoms with E-state index < -0.39 is 45.9 Å². The number of carbonyl (C=O) groups is 2. The van der Waals surface area contributed by atoms with Crippen molar-refractivity contribution >= 4 is 20.7 Å². The lowest BCUT2D eigenvalue weighted by Gasteiger charge is -2.46. The largest absolute Gasteiger partial charge is 0.465 e. The Morgan fingerprint density at radius 1 is 1.02 bits per heavy atom. The van der Waals surface area contributed by atoms with E-state index in [-0.39, 0.29) is 43.2 Å². The third kappa shape index (κ3) is 11.4. The fourth-order valence-electron chi connectivity index (χ4n) is 5.99. The van der Waals surface area contributed by atoms with Crippen molar-refractivity contribution in [2.75, 3.05) is 33.0 Å². The third-order valence-electron chi connectivity index (χ3n) is 7.04. The molecular weight excluding hydrogens is 540 g/mol. The second-order valence-corrected chi connectivity index (χ2v) is 16.0. The molecule has 234 valence electrons. The van der Waals surface area contributed by atoms with Gasteiger partial charge in [-0.3, -0.25) is 9.80 Å². The molecule has 13 heteroatoms. The molecule has 12 nitrogen and oxygen atoms in total. The summed E-state index contributed by atoms with van der Waals surface area (Å²) in [7, 11) is -2.50. The highest BCUT2D eigenvalue weighted by molar-refractivity contribution is 6.66. The van der Waals surface area contributed by atoms with Gasteiger partial charge >= 0.3 is 20.7 Å². The summed E-state index contributed by atoms with van der Waals surface area (Å²) in [4.78, 5) is 27.5. The minimum absolute atomic E-state index is 0.00776. The minimum Gasteiger partial charge on any atom is -0.465 e. The number of ether oxygens (including phenoxy) is 3. The summed E-state index contributed by atoms with van der Waals surface area (Å²) in [5, 5.41) is 28.6. The zero-order valence-electron chi connectivity index (χ0n) is 25.6. The van der Waals surface area contributed by atoms with E-state index in [2.05, 4.69) is 0 Å². The highest BCUT2D eigenvalue weighted by Gasteiger charge is 2.44. The smallest absolute Gasteiger partial charge is 0.411 e. The molecule has 0 aromatic rings.